The van der Waals surface area contributed by atoms with Gasteiger partial charge >= 0.3 is 0 Å². The fourth-order valence-corrected chi connectivity index (χ4v) is 5.55. The average molecular weight is 549 g/mol. The zero-order chi connectivity index (χ0) is 26.6. The lowest BCUT2D eigenvalue weighted by Gasteiger charge is -2.27. The molecule has 12 heteroatoms. The van der Waals surface area contributed by atoms with Crippen LogP contribution in [0.25, 0.3) is 0 Å². The summed E-state index contributed by atoms with van der Waals surface area (Å²) >= 11 is 6.22. The van der Waals surface area contributed by atoms with Gasteiger partial charge in [-0.3, -0.25) is 8.99 Å². The van der Waals surface area contributed by atoms with Crippen LogP contribution in [0, 0.1) is 11.6 Å². The van der Waals surface area contributed by atoms with Crippen molar-refractivity contribution >= 4 is 27.3 Å². The molecule has 4 rings (SSSR count). The van der Waals surface area contributed by atoms with Crippen molar-refractivity contribution < 1.29 is 26.7 Å². The Morgan fingerprint density at radius 3 is 2.38 bits per heavy atom. The van der Waals surface area contributed by atoms with E-state index in [0.29, 0.717) is 11.3 Å². The topological polar surface area (TPSA) is 86.6 Å². The number of anilines is 1. The van der Waals surface area contributed by atoms with E-state index in [0.717, 1.165) is 16.4 Å². The maximum absolute atomic E-state index is 14.5. The third-order valence-electron chi connectivity index (χ3n) is 5.68. The zero-order valence-corrected chi connectivity index (χ0v) is 21.5. The van der Waals surface area contributed by atoms with E-state index in [-0.39, 0.29) is 46.4 Å². The Morgan fingerprint density at radius 1 is 1.00 bits per heavy atom. The summed E-state index contributed by atoms with van der Waals surface area (Å²) in [5, 5.41) is 4.33. The predicted molar refractivity (Wildman–Crippen MR) is 135 cm³/mol. The Morgan fingerprint density at radius 2 is 1.73 bits per heavy atom. The summed E-state index contributed by atoms with van der Waals surface area (Å²) in [6.45, 7) is 0.0943. The van der Waals surface area contributed by atoms with Gasteiger partial charge in [0.2, 0.25) is 0 Å². The van der Waals surface area contributed by atoms with Gasteiger partial charge in [-0.2, -0.15) is 5.10 Å². The fraction of sp³-hybridized carbons (Fsp3) is 0.200. The van der Waals surface area contributed by atoms with E-state index >= 15 is 0 Å². The molecule has 0 atom stereocenters. The van der Waals surface area contributed by atoms with Crippen LogP contribution in [-0.4, -0.2) is 43.9 Å². The van der Waals surface area contributed by atoms with E-state index < -0.39 is 21.7 Å². The van der Waals surface area contributed by atoms with Crippen LogP contribution < -0.4 is 13.8 Å². The number of ether oxygens (including phenoxy) is 2. The first-order valence-electron chi connectivity index (χ1n) is 11.0. The summed E-state index contributed by atoms with van der Waals surface area (Å²) in [6, 6.07) is 12.3. The molecular weight excluding hydrogens is 526 g/mol. The molecule has 0 aliphatic carbocycles. The number of halogens is 3. The number of aromatic nitrogens is 3. The third kappa shape index (κ3) is 5.67. The monoisotopic (exact) mass is 548 g/mol. The second-order valence-corrected chi connectivity index (χ2v) is 10.2. The summed E-state index contributed by atoms with van der Waals surface area (Å²) in [5.41, 5.74) is 0.326. The van der Waals surface area contributed by atoms with Gasteiger partial charge in [-0.25, -0.2) is 22.2 Å². The van der Waals surface area contributed by atoms with Gasteiger partial charge in [0.1, 0.15) is 24.3 Å². The first-order chi connectivity index (χ1) is 17.7. The SMILES string of the molecule is COc1ccc(S(=O)(=O)N(CCn2cncn2)c2ccc(Cl)cc2Cc2c(F)cccc2F)cc1OC. The van der Waals surface area contributed by atoms with Gasteiger partial charge in [0.05, 0.1) is 37.9 Å². The number of hydrogen-bond acceptors (Lipinski definition) is 6. The van der Waals surface area contributed by atoms with Crippen LogP contribution in [0.15, 0.2) is 72.1 Å². The van der Waals surface area contributed by atoms with Crippen LogP contribution in [0.1, 0.15) is 11.1 Å². The molecule has 37 heavy (non-hydrogen) atoms. The van der Waals surface area contributed by atoms with Gasteiger partial charge in [0.15, 0.2) is 11.5 Å². The molecule has 1 aromatic heterocycles. The highest BCUT2D eigenvalue weighted by atomic mass is 35.5. The second kappa shape index (κ2) is 11.1. The van der Waals surface area contributed by atoms with E-state index in [4.69, 9.17) is 21.1 Å². The van der Waals surface area contributed by atoms with Crippen LogP contribution >= 0.6 is 11.6 Å². The maximum atomic E-state index is 14.5. The minimum Gasteiger partial charge on any atom is -0.493 e. The Kier molecular flexibility index (Phi) is 7.94. The molecule has 0 bridgehead atoms. The lowest BCUT2D eigenvalue weighted by atomic mass is 10.0. The van der Waals surface area contributed by atoms with Crippen molar-refractivity contribution in [3.05, 3.63) is 95.0 Å². The van der Waals surface area contributed by atoms with Crippen molar-refractivity contribution in [2.45, 2.75) is 17.9 Å². The molecule has 0 saturated heterocycles. The van der Waals surface area contributed by atoms with Crippen LogP contribution in [0.5, 0.6) is 11.5 Å². The van der Waals surface area contributed by atoms with Crippen molar-refractivity contribution in [2.75, 3.05) is 25.1 Å². The lowest BCUT2D eigenvalue weighted by Crippen LogP contribution is -2.35. The number of rotatable bonds is 10. The molecule has 0 fully saturated rings. The molecule has 0 aliphatic heterocycles. The molecule has 0 N–H and O–H groups in total. The molecule has 3 aromatic carbocycles. The molecule has 194 valence electrons. The van der Waals surface area contributed by atoms with Crippen LogP contribution in [-0.2, 0) is 23.0 Å². The van der Waals surface area contributed by atoms with Gasteiger partial charge in [-0.1, -0.05) is 17.7 Å². The molecule has 0 spiro atoms. The van der Waals surface area contributed by atoms with Crippen molar-refractivity contribution in [2.24, 2.45) is 0 Å². The minimum absolute atomic E-state index is 0.0611. The predicted octanol–water partition coefficient (Wildman–Crippen LogP) is 4.71. The Hall–Kier alpha value is -3.70. The van der Waals surface area contributed by atoms with E-state index in [1.54, 1.807) is 0 Å². The van der Waals surface area contributed by atoms with Gasteiger partial charge in [-0.15, -0.1) is 0 Å². The van der Waals surface area contributed by atoms with Crippen molar-refractivity contribution in [3.63, 3.8) is 0 Å². The van der Waals surface area contributed by atoms with Crippen LogP contribution in [0.2, 0.25) is 5.02 Å². The highest BCUT2D eigenvalue weighted by Gasteiger charge is 2.29. The molecule has 1 heterocycles. The first kappa shape index (κ1) is 26.4. The van der Waals surface area contributed by atoms with Gasteiger partial charge in [0.25, 0.3) is 10.0 Å². The molecule has 0 aliphatic rings. The first-order valence-corrected chi connectivity index (χ1v) is 12.8. The van der Waals surface area contributed by atoms with E-state index in [2.05, 4.69) is 10.1 Å². The smallest absolute Gasteiger partial charge is 0.264 e. The summed E-state index contributed by atoms with van der Waals surface area (Å²) in [5.74, 6) is -0.909. The molecule has 0 radical (unpaired) electrons. The highest BCUT2D eigenvalue weighted by Crippen LogP contribution is 2.35. The van der Waals surface area contributed by atoms with E-state index in [1.165, 1.54) is 74.0 Å². The number of methoxy groups -OCH3 is 2. The molecule has 0 amide bonds. The average Bonchev–Trinajstić information content (AvgIpc) is 3.40. The standard InChI is InChI=1S/C25H23ClF2N4O4S/c1-35-24-9-7-19(14-25(24)36-2)37(33,34)32(11-10-31-16-29-15-30-31)23-8-6-18(26)12-17(23)13-20-21(27)4-3-5-22(20)28/h3-9,12,14-16H,10-11,13H2,1-2H3. The molecule has 0 saturated carbocycles. The van der Waals surface area contributed by atoms with Gasteiger partial charge < -0.3 is 9.47 Å². The summed E-state index contributed by atoms with van der Waals surface area (Å²) in [6.07, 6.45) is 2.57. The quantitative estimate of drug-likeness (QED) is 0.285. The Balaban J connectivity index is 1.84. The van der Waals surface area contributed by atoms with Crippen LogP contribution in [0.3, 0.4) is 0 Å². The van der Waals surface area contributed by atoms with E-state index in [9.17, 15) is 17.2 Å². The maximum Gasteiger partial charge on any atom is 0.264 e. The summed E-state index contributed by atoms with van der Waals surface area (Å²) in [4.78, 5) is 3.82. The number of nitrogens with zero attached hydrogens (tertiary/aromatic N) is 4. The Labute approximate surface area is 218 Å². The Bertz CT molecular complexity index is 1480. The van der Waals surface area contributed by atoms with E-state index in [1.807, 2.05) is 0 Å². The molecule has 4 aromatic rings. The number of benzene rings is 3. The minimum atomic E-state index is -4.21. The molecule has 0 unspecified atom stereocenters. The summed E-state index contributed by atoms with van der Waals surface area (Å²) in [7, 11) is -1.36. The third-order valence-corrected chi connectivity index (χ3v) is 7.73. The van der Waals surface area contributed by atoms with Crippen LogP contribution in [0.4, 0.5) is 14.5 Å². The summed E-state index contributed by atoms with van der Waals surface area (Å²) < 4.78 is 70.1. The number of sulfonamides is 1. The molecule has 8 nitrogen and oxygen atoms in total. The normalized spacial score (nSPS) is 11.4. The highest BCUT2D eigenvalue weighted by molar-refractivity contribution is 7.92. The van der Waals surface area contributed by atoms with Crippen molar-refractivity contribution in [3.8, 4) is 11.5 Å². The zero-order valence-electron chi connectivity index (χ0n) is 19.9. The van der Waals surface area contributed by atoms with Gasteiger partial charge in [-0.05, 0) is 48.0 Å². The second-order valence-electron chi connectivity index (χ2n) is 7.90. The van der Waals surface area contributed by atoms with Crippen molar-refractivity contribution in [1.82, 2.24) is 14.8 Å². The van der Waals surface area contributed by atoms with Crippen molar-refractivity contribution in [1.29, 1.82) is 0 Å². The largest absolute Gasteiger partial charge is 0.493 e. The number of hydrogen-bond donors (Lipinski definition) is 0. The lowest BCUT2D eigenvalue weighted by molar-refractivity contribution is 0.354. The molecular formula is C25H23ClF2N4O4S. The van der Waals surface area contributed by atoms with Gasteiger partial charge in [0, 0.05) is 23.1 Å². The fourth-order valence-electron chi connectivity index (χ4n) is 3.85.